The number of Topliss-reactive ketones (excluding diaryl/α,β-unsaturated/α-hetero) is 1. The monoisotopic (exact) mass is 478 g/mol. The molecule has 8 heteroatoms. The number of aryl methyl sites for hydroxylation is 2. The van der Waals surface area contributed by atoms with E-state index in [4.69, 9.17) is 9.47 Å². The molecule has 7 nitrogen and oxygen atoms in total. The van der Waals surface area contributed by atoms with Crippen LogP contribution in [-0.2, 0) is 33.8 Å². The molecular formula is C26H26N2O5S. The zero-order valence-corrected chi connectivity index (χ0v) is 20.0. The first-order valence-electron chi connectivity index (χ1n) is 11.1. The maximum atomic E-state index is 12.5. The summed E-state index contributed by atoms with van der Waals surface area (Å²) in [5.74, 6) is -0.185. The second kappa shape index (κ2) is 10.6. The van der Waals surface area contributed by atoms with Crippen LogP contribution >= 0.6 is 11.3 Å². The highest BCUT2D eigenvalue weighted by Gasteiger charge is 2.22. The van der Waals surface area contributed by atoms with Gasteiger partial charge >= 0.3 is 5.97 Å². The van der Waals surface area contributed by atoms with Crippen LogP contribution in [0, 0.1) is 0 Å². The Kier molecular flexibility index (Phi) is 7.37. The zero-order valence-electron chi connectivity index (χ0n) is 19.2. The molecule has 3 aromatic rings. The molecule has 1 aromatic heterocycles. The van der Waals surface area contributed by atoms with Gasteiger partial charge in [0.05, 0.1) is 24.9 Å². The highest BCUT2D eigenvalue weighted by Crippen LogP contribution is 2.35. The third-order valence-corrected chi connectivity index (χ3v) is 6.60. The van der Waals surface area contributed by atoms with Crippen molar-refractivity contribution in [2.75, 3.05) is 12.0 Å². The first-order chi connectivity index (χ1) is 16.5. The fourth-order valence-corrected chi connectivity index (χ4v) is 4.88. The Hall–Kier alpha value is -3.52. The lowest BCUT2D eigenvalue weighted by molar-refractivity contribution is -0.145. The molecule has 0 bridgehead atoms. The minimum atomic E-state index is -0.461. The smallest absolute Gasteiger partial charge is 0.306 e. The van der Waals surface area contributed by atoms with Gasteiger partial charge in [-0.1, -0.05) is 24.3 Å². The fourth-order valence-electron chi connectivity index (χ4n) is 4.02. The molecule has 0 spiro atoms. The van der Waals surface area contributed by atoms with Crippen LogP contribution in [0.3, 0.4) is 0 Å². The summed E-state index contributed by atoms with van der Waals surface area (Å²) in [5.41, 5.74) is 4.31. The minimum absolute atomic E-state index is 0.00764. The summed E-state index contributed by atoms with van der Waals surface area (Å²) >= 11 is 1.27. The number of fused-ring (bicyclic) bond motifs is 1. The first kappa shape index (κ1) is 23.6. The van der Waals surface area contributed by atoms with Crippen LogP contribution in [0.15, 0.2) is 47.8 Å². The van der Waals surface area contributed by atoms with E-state index in [0.717, 1.165) is 19.3 Å². The minimum Gasteiger partial charge on any atom is -0.495 e. The van der Waals surface area contributed by atoms with Crippen molar-refractivity contribution in [1.29, 1.82) is 0 Å². The Morgan fingerprint density at radius 1 is 1.06 bits per heavy atom. The summed E-state index contributed by atoms with van der Waals surface area (Å²) in [5, 5.41) is 2.19. The largest absolute Gasteiger partial charge is 0.495 e. The molecule has 0 saturated carbocycles. The maximum absolute atomic E-state index is 12.5. The van der Waals surface area contributed by atoms with E-state index in [-0.39, 0.29) is 31.1 Å². The average Bonchev–Trinajstić information content (AvgIpc) is 3.50. The van der Waals surface area contributed by atoms with Gasteiger partial charge in [-0.3, -0.25) is 19.3 Å². The molecule has 0 unspecified atom stereocenters. The number of hydrogen-bond acceptors (Lipinski definition) is 7. The predicted molar refractivity (Wildman–Crippen MR) is 130 cm³/mol. The van der Waals surface area contributed by atoms with E-state index in [2.05, 4.69) is 4.98 Å². The van der Waals surface area contributed by atoms with E-state index in [9.17, 15) is 14.4 Å². The molecule has 1 amide bonds. The number of thiazole rings is 1. The first-order valence-corrected chi connectivity index (χ1v) is 12.0. The number of ketones is 1. The third-order valence-electron chi connectivity index (χ3n) is 5.73. The molecule has 176 valence electrons. The molecule has 34 heavy (non-hydrogen) atoms. The van der Waals surface area contributed by atoms with Crippen molar-refractivity contribution in [3.05, 3.63) is 70.2 Å². The van der Waals surface area contributed by atoms with Crippen molar-refractivity contribution >= 4 is 39.8 Å². The molecule has 1 aliphatic carbocycles. The molecular weight excluding hydrogens is 452 g/mol. The van der Waals surface area contributed by atoms with E-state index < -0.39 is 5.97 Å². The summed E-state index contributed by atoms with van der Waals surface area (Å²) in [4.78, 5) is 43.0. The van der Waals surface area contributed by atoms with Crippen LogP contribution in [0.2, 0.25) is 0 Å². The van der Waals surface area contributed by atoms with Gasteiger partial charge in [0.25, 0.3) is 0 Å². The summed E-state index contributed by atoms with van der Waals surface area (Å²) in [6.07, 6.45) is 3.31. The number of nitrogens with zero attached hydrogens (tertiary/aromatic N) is 2. The molecule has 0 aliphatic heterocycles. The number of carbonyl (C=O) groups excluding carboxylic acids is 3. The van der Waals surface area contributed by atoms with Gasteiger partial charge < -0.3 is 9.47 Å². The van der Waals surface area contributed by atoms with Crippen molar-refractivity contribution < 1.29 is 23.9 Å². The van der Waals surface area contributed by atoms with E-state index in [1.165, 1.54) is 34.3 Å². The van der Waals surface area contributed by atoms with Gasteiger partial charge in [0.15, 0.2) is 10.9 Å². The molecule has 0 radical (unpaired) electrons. The number of rotatable bonds is 9. The van der Waals surface area contributed by atoms with Crippen LogP contribution < -0.4 is 9.64 Å². The second-order valence-electron chi connectivity index (χ2n) is 8.07. The van der Waals surface area contributed by atoms with E-state index in [1.54, 1.807) is 24.6 Å². The number of ether oxygens (including phenoxy) is 2. The highest BCUT2D eigenvalue weighted by atomic mass is 32.1. The average molecular weight is 479 g/mol. The normalized spacial score (nSPS) is 12.2. The summed E-state index contributed by atoms with van der Waals surface area (Å²) in [6, 6.07) is 13.0. The standard InChI is InChI=1S/C26H26N2O5S/c1-17(29)28(22-8-3-4-9-24(22)32-2)26-27-21(16-34-26)15-33-25(31)13-12-23(30)20-11-10-18-6-5-7-19(18)14-20/h3-4,8-11,14,16H,5-7,12-13,15H2,1-2H3. The number of aromatic nitrogens is 1. The van der Waals surface area contributed by atoms with Crippen molar-refractivity contribution in [2.24, 2.45) is 0 Å². The molecule has 0 fully saturated rings. The summed E-state index contributed by atoms with van der Waals surface area (Å²) in [7, 11) is 1.54. The van der Waals surface area contributed by atoms with E-state index in [0.29, 0.717) is 27.8 Å². The van der Waals surface area contributed by atoms with Crippen molar-refractivity contribution in [3.63, 3.8) is 0 Å². The van der Waals surface area contributed by atoms with Gasteiger partial charge in [0, 0.05) is 24.3 Å². The van der Waals surface area contributed by atoms with Crippen molar-refractivity contribution in [2.45, 2.75) is 45.6 Å². The highest BCUT2D eigenvalue weighted by molar-refractivity contribution is 7.14. The predicted octanol–water partition coefficient (Wildman–Crippen LogP) is 5.03. The second-order valence-corrected chi connectivity index (χ2v) is 8.91. The van der Waals surface area contributed by atoms with Crippen LogP contribution in [0.25, 0.3) is 0 Å². The Morgan fingerprint density at radius 3 is 2.65 bits per heavy atom. The Bertz CT molecular complexity index is 1220. The van der Waals surface area contributed by atoms with Gasteiger partial charge in [-0.05, 0) is 48.6 Å². The number of esters is 1. The molecule has 0 atom stereocenters. The third kappa shape index (κ3) is 5.34. The van der Waals surface area contributed by atoms with Gasteiger partial charge in [-0.2, -0.15) is 0 Å². The van der Waals surface area contributed by atoms with E-state index >= 15 is 0 Å². The number of amides is 1. The summed E-state index contributed by atoms with van der Waals surface area (Å²) < 4.78 is 10.7. The molecule has 2 aromatic carbocycles. The number of benzene rings is 2. The maximum Gasteiger partial charge on any atom is 0.306 e. The zero-order chi connectivity index (χ0) is 24.1. The van der Waals surface area contributed by atoms with Gasteiger partial charge in [0.2, 0.25) is 5.91 Å². The number of para-hydroxylation sites is 2. The Balaban J connectivity index is 1.33. The lowest BCUT2D eigenvalue weighted by Crippen LogP contribution is -2.23. The van der Waals surface area contributed by atoms with E-state index in [1.807, 2.05) is 30.3 Å². The number of anilines is 2. The lowest BCUT2D eigenvalue weighted by atomic mass is 10.0. The lowest BCUT2D eigenvalue weighted by Gasteiger charge is -2.20. The number of hydrogen-bond donors (Lipinski definition) is 0. The fraction of sp³-hybridized carbons (Fsp3) is 0.308. The van der Waals surface area contributed by atoms with Crippen LogP contribution in [0.5, 0.6) is 5.75 Å². The SMILES string of the molecule is COc1ccccc1N(C(C)=O)c1nc(COC(=O)CCC(=O)c2ccc3c(c2)CCC3)cs1. The quantitative estimate of drug-likeness (QED) is 0.317. The van der Waals surface area contributed by atoms with Crippen molar-refractivity contribution in [1.82, 2.24) is 4.98 Å². The Labute approximate surface area is 202 Å². The molecule has 1 heterocycles. The van der Waals surface area contributed by atoms with Crippen molar-refractivity contribution in [3.8, 4) is 5.75 Å². The van der Waals surface area contributed by atoms with Crippen LogP contribution in [0.4, 0.5) is 10.8 Å². The molecule has 0 N–H and O–H groups in total. The number of carbonyl (C=O) groups is 3. The number of methoxy groups -OCH3 is 1. The topological polar surface area (TPSA) is 85.8 Å². The van der Waals surface area contributed by atoms with Gasteiger partial charge in [-0.15, -0.1) is 11.3 Å². The molecule has 4 rings (SSSR count). The van der Waals surface area contributed by atoms with Gasteiger partial charge in [0.1, 0.15) is 12.4 Å². The van der Waals surface area contributed by atoms with Crippen LogP contribution in [0.1, 0.15) is 53.4 Å². The van der Waals surface area contributed by atoms with Crippen LogP contribution in [-0.4, -0.2) is 29.8 Å². The molecule has 0 saturated heterocycles. The Morgan fingerprint density at radius 2 is 1.85 bits per heavy atom. The summed E-state index contributed by atoms with van der Waals surface area (Å²) in [6.45, 7) is 1.42. The van der Waals surface area contributed by atoms with Gasteiger partial charge in [-0.25, -0.2) is 4.98 Å². The molecule has 1 aliphatic rings.